The summed E-state index contributed by atoms with van der Waals surface area (Å²) in [6.45, 7) is 9.54. The zero-order chi connectivity index (χ0) is 28.7. The molecule has 1 aromatic heterocycles. The Morgan fingerprint density at radius 3 is 2.58 bits per heavy atom. The fourth-order valence-corrected chi connectivity index (χ4v) is 5.21. The van der Waals surface area contributed by atoms with Crippen LogP contribution in [0.25, 0.3) is 0 Å². The number of sulfone groups is 1. The summed E-state index contributed by atoms with van der Waals surface area (Å²) in [5.74, 6) is 1.22. The fourth-order valence-electron chi connectivity index (χ4n) is 4.53. The number of carbonyl (C=O) groups is 1. The molecule has 11 nitrogen and oxygen atoms in total. The number of hydrogen-bond acceptors (Lipinski definition) is 10. The van der Waals surface area contributed by atoms with Crippen LogP contribution in [0.3, 0.4) is 0 Å². The van der Waals surface area contributed by atoms with E-state index >= 15 is 0 Å². The second-order valence-corrected chi connectivity index (χ2v) is 13.0. The standard InChI is InChI=1S/C28H34N6O5S/c1-18-6-7-19(12-23(18)39-27-24-25(29-17-30-27)32-28(2,3)16-38-24)26(35)31-20-13-21(15-22(14-20)40(5,36)37)34-10-8-33(4)9-11-34/h6-7,12-15,17H,8-11,16H2,1-5H3,(H,31,35)(H,29,30,32). The van der Waals surface area contributed by atoms with Crippen molar-refractivity contribution >= 4 is 32.9 Å². The second-order valence-electron chi connectivity index (χ2n) is 11.0. The van der Waals surface area contributed by atoms with Crippen LogP contribution in [-0.4, -0.2) is 80.8 Å². The van der Waals surface area contributed by atoms with Crippen LogP contribution in [0.4, 0.5) is 17.2 Å². The minimum absolute atomic E-state index is 0.150. The van der Waals surface area contributed by atoms with Crippen molar-refractivity contribution in [3.8, 4) is 17.4 Å². The lowest BCUT2D eigenvalue weighted by Gasteiger charge is -2.34. The molecular weight excluding hydrogens is 532 g/mol. The lowest BCUT2D eigenvalue weighted by atomic mass is 10.1. The van der Waals surface area contributed by atoms with Gasteiger partial charge in [0.15, 0.2) is 15.7 Å². The molecule has 1 saturated heterocycles. The van der Waals surface area contributed by atoms with Crippen molar-refractivity contribution in [1.82, 2.24) is 14.9 Å². The molecule has 5 rings (SSSR count). The third kappa shape index (κ3) is 6.13. The molecule has 2 aromatic carbocycles. The van der Waals surface area contributed by atoms with Gasteiger partial charge in [0, 0.05) is 49.4 Å². The van der Waals surface area contributed by atoms with Gasteiger partial charge in [-0.25, -0.2) is 13.4 Å². The number of benzene rings is 2. The lowest BCUT2D eigenvalue weighted by Crippen LogP contribution is -2.44. The normalized spacial score (nSPS) is 16.9. The highest BCUT2D eigenvalue weighted by atomic mass is 32.2. The molecule has 3 aromatic rings. The maximum Gasteiger partial charge on any atom is 0.268 e. The Morgan fingerprint density at radius 1 is 1.10 bits per heavy atom. The Balaban J connectivity index is 1.40. The van der Waals surface area contributed by atoms with Crippen LogP contribution >= 0.6 is 0 Å². The molecule has 0 unspecified atom stereocenters. The van der Waals surface area contributed by atoms with Gasteiger partial charge in [-0.15, -0.1) is 0 Å². The largest absolute Gasteiger partial charge is 0.483 e. The smallest absolute Gasteiger partial charge is 0.268 e. The molecule has 3 heterocycles. The molecule has 40 heavy (non-hydrogen) atoms. The highest BCUT2D eigenvalue weighted by molar-refractivity contribution is 7.90. The molecule has 0 atom stereocenters. The van der Waals surface area contributed by atoms with E-state index in [1.54, 1.807) is 24.3 Å². The summed E-state index contributed by atoms with van der Waals surface area (Å²) < 4.78 is 36.9. The van der Waals surface area contributed by atoms with E-state index in [0.29, 0.717) is 35.2 Å². The summed E-state index contributed by atoms with van der Waals surface area (Å²) in [6, 6.07) is 10.0. The Labute approximate surface area is 234 Å². The van der Waals surface area contributed by atoms with Crippen LogP contribution in [0.2, 0.25) is 0 Å². The van der Waals surface area contributed by atoms with E-state index in [0.717, 1.165) is 43.7 Å². The highest BCUT2D eigenvalue weighted by Gasteiger charge is 2.30. The van der Waals surface area contributed by atoms with Gasteiger partial charge < -0.3 is 29.9 Å². The zero-order valence-electron chi connectivity index (χ0n) is 23.3. The predicted molar refractivity (Wildman–Crippen MR) is 154 cm³/mol. The first-order valence-corrected chi connectivity index (χ1v) is 14.9. The summed E-state index contributed by atoms with van der Waals surface area (Å²) in [7, 11) is -1.44. The Bertz CT molecular complexity index is 1550. The van der Waals surface area contributed by atoms with Crippen LogP contribution in [0, 0.1) is 6.92 Å². The van der Waals surface area contributed by atoms with Gasteiger partial charge in [-0.05, 0) is 63.7 Å². The van der Waals surface area contributed by atoms with Crippen LogP contribution < -0.4 is 25.0 Å². The van der Waals surface area contributed by atoms with Crippen molar-refractivity contribution in [2.24, 2.45) is 0 Å². The topological polar surface area (TPSA) is 126 Å². The monoisotopic (exact) mass is 566 g/mol. The number of likely N-dealkylation sites (N-methyl/N-ethyl adjacent to an activating group) is 1. The summed E-state index contributed by atoms with van der Waals surface area (Å²) in [5, 5.41) is 6.18. The number of nitrogens with one attached hydrogen (secondary N) is 2. The average molecular weight is 567 g/mol. The number of rotatable bonds is 6. The molecule has 2 aliphatic rings. The Hall–Kier alpha value is -3.90. The maximum atomic E-state index is 13.3. The van der Waals surface area contributed by atoms with E-state index in [2.05, 4.69) is 37.4 Å². The van der Waals surface area contributed by atoms with E-state index in [9.17, 15) is 13.2 Å². The summed E-state index contributed by atoms with van der Waals surface area (Å²) in [4.78, 5) is 26.3. The average Bonchev–Trinajstić information content (AvgIpc) is 2.89. The molecule has 1 amide bonds. The number of amides is 1. The van der Waals surface area contributed by atoms with E-state index in [1.165, 1.54) is 12.4 Å². The molecule has 0 saturated carbocycles. The van der Waals surface area contributed by atoms with E-state index < -0.39 is 15.7 Å². The number of fused-ring (bicyclic) bond motifs is 1. The number of ether oxygens (including phenoxy) is 2. The van der Waals surface area contributed by atoms with Gasteiger partial charge in [0.05, 0.1) is 10.4 Å². The van der Waals surface area contributed by atoms with Gasteiger partial charge in [-0.1, -0.05) is 6.07 Å². The van der Waals surface area contributed by atoms with Crippen molar-refractivity contribution in [1.29, 1.82) is 0 Å². The third-order valence-electron chi connectivity index (χ3n) is 6.91. The molecule has 0 aliphatic carbocycles. The maximum absolute atomic E-state index is 13.3. The molecule has 212 valence electrons. The number of carbonyl (C=O) groups excluding carboxylic acids is 1. The third-order valence-corrected chi connectivity index (χ3v) is 8.00. The fraction of sp³-hybridized carbons (Fsp3) is 0.393. The van der Waals surface area contributed by atoms with Crippen LogP contribution in [0.5, 0.6) is 17.4 Å². The molecule has 12 heteroatoms. The molecule has 2 N–H and O–H groups in total. The van der Waals surface area contributed by atoms with Gasteiger partial charge in [-0.2, -0.15) is 4.98 Å². The van der Waals surface area contributed by atoms with Gasteiger partial charge in [0.2, 0.25) is 5.75 Å². The van der Waals surface area contributed by atoms with Crippen molar-refractivity contribution < 1.29 is 22.7 Å². The van der Waals surface area contributed by atoms with Crippen molar-refractivity contribution in [3.63, 3.8) is 0 Å². The van der Waals surface area contributed by atoms with Crippen molar-refractivity contribution in [3.05, 3.63) is 53.9 Å². The predicted octanol–water partition coefficient (Wildman–Crippen LogP) is 3.57. The molecular formula is C28H34N6O5S. The Kier molecular flexibility index (Phi) is 7.32. The lowest BCUT2D eigenvalue weighted by molar-refractivity contribution is 0.102. The quantitative estimate of drug-likeness (QED) is 0.457. The number of aromatic nitrogens is 2. The second kappa shape index (κ2) is 10.6. The first-order chi connectivity index (χ1) is 18.9. The van der Waals surface area contributed by atoms with Crippen molar-refractivity contribution in [2.75, 3.05) is 61.6 Å². The molecule has 0 spiro atoms. The minimum atomic E-state index is -3.50. The summed E-state index contributed by atoms with van der Waals surface area (Å²) in [6.07, 6.45) is 2.56. The van der Waals surface area contributed by atoms with Gasteiger partial charge in [0.1, 0.15) is 18.7 Å². The van der Waals surface area contributed by atoms with Gasteiger partial charge in [0.25, 0.3) is 11.8 Å². The zero-order valence-corrected chi connectivity index (χ0v) is 24.1. The van der Waals surface area contributed by atoms with E-state index in [-0.39, 0.29) is 16.3 Å². The number of anilines is 3. The first-order valence-electron chi connectivity index (χ1n) is 13.0. The first kappa shape index (κ1) is 27.7. The number of hydrogen-bond donors (Lipinski definition) is 2. The van der Waals surface area contributed by atoms with Gasteiger partial charge in [-0.3, -0.25) is 4.79 Å². The Morgan fingerprint density at radius 2 is 1.85 bits per heavy atom. The van der Waals surface area contributed by atoms with Gasteiger partial charge >= 0.3 is 0 Å². The van der Waals surface area contributed by atoms with Crippen LogP contribution in [-0.2, 0) is 9.84 Å². The number of aryl methyl sites for hydroxylation is 1. The molecule has 0 radical (unpaired) electrons. The van der Waals surface area contributed by atoms with E-state index in [4.69, 9.17) is 9.47 Å². The summed E-state index contributed by atoms with van der Waals surface area (Å²) >= 11 is 0. The van der Waals surface area contributed by atoms with Crippen LogP contribution in [0.15, 0.2) is 47.6 Å². The SMILES string of the molecule is Cc1ccc(C(=O)Nc2cc(N3CCN(C)CC3)cc(S(C)(=O)=O)c2)cc1Oc1ncnc2c1OCC(C)(C)N2. The van der Waals surface area contributed by atoms with Crippen molar-refractivity contribution in [2.45, 2.75) is 31.2 Å². The molecule has 1 fully saturated rings. The minimum Gasteiger partial charge on any atom is -0.483 e. The number of piperazine rings is 1. The highest BCUT2D eigenvalue weighted by Crippen LogP contribution is 2.39. The molecule has 0 bridgehead atoms. The van der Waals surface area contributed by atoms with E-state index in [1.807, 2.05) is 26.8 Å². The van der Waals surface area contributed by atoms with Crippen LogP contribution in [0.1, 0.15) is 29.8 Å². The summed E-state index contributed by atoms with van der Waals surface area (Å²) in [5.41, 5.74) is 2.01. The number of nitrogens with zero attached hydrogens (tertiary/aromatic N) is 4. The molecule has 2 aliphatic heterocycles.